The summed E-state index contributed by atoms with van der Waals surface area (Å²) in [6.45, 7) is 0. The van der Waals surface area contributed by atoms with Crippen LogP contribution >= 0.6 is 55.1 Å². The summed E-state index contributed by atoms with van der Waals surface area (Å²) < 4.78 is 0.944. The lowest BCUT2D eigenvalue weighted by atomic mass is 9.89. The predicted octanol–water partition coefficient (Wildman–Crippen LogP) is 8.80. The maximum Gasteiger partial charge on any atom is 0.0638 e. The average molecular weight is 679 g/mol. The maximum absolute atomic E-state index is 6.09. The zero-order chi connectivity index (χ0) is 27.7. The third-order valence-corrected chi connectivity index (χ3v) is 8.02. The first-order chi connectivity index (χ1) is 18.2. The van der Waals surface area contributed by atoms with Gasteiger partial charge in [-0.05, 0) is 99.6 Å². The van der Waals surface area contributed by atoms with Crippen molar-refractivity contribution in [3.05, 3.63) is 117 Å². The summed E-state index contributed by atoms with van der Waals surface area (Å²) in [6.07, 6.45) is 1.87. The molecule has 2 atom stereocenters. The second-order valence-corrected chi connectivity index (χ2v) is 11.4. The number of hydrogen-bond acceptors (Lipinski definition) is 4. The van der Waals surface area contributed by atoms with Crippen molar-refractivity contribution in [1.29, 1.82) is 0 Å². The number of anilines is 4. The van der Waals surface area contributed by atoms with E-state index < -0.39 is 0 Å². The lowest BCUT2D eigenvalue weighted by molar-refractivity contribution is 0.783. The van der Waals surface area contributed by atoms with Crippen LogP contribution in [0.1, 0.15) is 46.9 Å². The van der Waals surface area contributed by atoms with E-state index in [0.717, 1.165) is 45.3 Å². The first-order valence-corrected chi connectivity index (χ1v) is 15.0. The average Bonchev–Trinajstić information content (AvgIpc) is 2.91. The summed E-state index contributed by atoms with van der Waals surface area (Å²) in [5.74, 6) is 1.13. The highest BCUT2D eigenvalue weighted by molar-refractivity contribution is 9.10. The zero-order valence-corrected chi connectivity index (χ0v) is 25.6. The minimum Gasteiger partial charge on any atom is -0.399 e. The Hall–Kier alpha value is -2.38. The molecule has 8 heteroatoms. The minimum absolute atomic E-state index is 0.205. The summed E-state index contributed by atoms with van der Waals surface area (Å²) >= 11 is 19.0. The summed E-state index contributed by atoms with van der Waals surface area (Å²) in [5.41, 5.74) is 30.8. The van der Waals surface area contributed by atoms with E-state index in [1.807, 2.05) is 60.7 Å². The van der Waals surface area contributed by atoms with E-state index in [-0.39, 0.29) is 5.92 Å². The molecule has 0 spiro atoms. The molecule has 0 amide bonds. The fraction of sp³-hybridized carbons (Fsp3) is 0.200. The van der Waals surface area contributed by atoms with Gasteiger partial charge in [-0.2, -0.15) is 0 Å². The number of benzene rings is 4. The van der Waals surface area contributed by atoms with E-state index in [2.05, 4.69) is 56.1 Å². The molecular formula is C30H32Br2Cl2N4. The van der Waals surface area contributed by atoms with Crippen molar-refractivity contribution in [2.45, 2.75) is 24.7 Å². The Morgan fingerprint density at radius 2 is 1.05 bits per heavy atom. The fourth-order valence-electron chi connectivity index (χ4n) is 4.25. The van der Waals surface area contributed by atoms with E-state index in [9.17, 15) is 0 Å². The van der Waals surface area contributed by atoms with Gasteiger partial charge in [-0.15, -0.1) is 11.6 Å². The van der Waals surface area contributed by atoms with Gasteiger partial charge in [-0.3, -0.25) is 0 Å². The Labute approximate surface area is 251 Å². The summed E-state index contributed by atoms with van der Waals surface area (Å²) in [7, 11) is 0. The zero-order valence-electron chi connectivity index (χ0n) is 20.9. The molecule has 0 saturated carbocycles. The van der Waals surface area contributed by atoms with Gasteiger partial charge in [0, 0.05) is 44.6 Å². The summed E-state index contributed by atoms with van der Waals surface area (Å²) in [6, 6.07) is 27.8. The topological polar surface area (TPSA) is 104 Å². The van der Waals surface area contributed by atoms with Crippen molar-refractivity contribution in [3.63, 3.8) is 0 Å². The van der Waals surface area contributed by atoms with Crippen molar-refractivity contribution < 1.29 is 0 Å². The summed E-state index contributed by atoms with van der Waals surface area (Å²) in [5, 5.41) is 1.52. The SMILES string of the molecule is Nc1ccc(C(CCBr)c2ccc(N)c(Br)c2)cc1.Nc1ccc(C(CCCl)c2ccc(N)c(Cl)c2)cc1. The van der Waals surface area contributed by atoms with Gasteiger partial charge in [0.05, 0.1) is 10.7 Å². The van der Waals surface area contributed by atoms with E-state index in [1.54, 1.807) is 0 Å². The van der Waals surface area contributed by atoms with Gasteiger partial charge in [0.2, 0.25) is 0 Å². The maximum atomic E-state index is 6.09. The highest BCUT2D eigenvalue weighted by Crippen LogP contribution is 2.34. The molecule has 0 aliphatic heterocycles. The second kappa shape index (κ2) is 14.7. The predicted molar refractivity (Wildman–Crippen MR) is 174 cm³/mol. The van der Waals surface area contributed by atoms with Crippen LogP contribution < -0.4 is 22.9 Å². The smallest absolute Gasteiger partial charge is 0.0638 e. The number of rotatable bonds is 8. The molecule has 200 valence electrons. The lowest BCUT2D eigenvalue weighted by Crippen LogP contribution is -2.03. The Balaban J connectivity index is 0.000000211. The van der Waals surface area contributed by atoms with Gasteiger partial charge in [-0.1, -0.05) is 63.9 Å². The normalized spacial score (nSPS) is 12.3. The highest BCUT2D eigenvalue weighted by atomic mass is 79.9. The third-order valence-electron chi connectivity index (χ3n) is 6.33. The van der Waals surface area contributed by atoms with Crippen molar-refractivity contribution in [2.24, 2.45) is 0 Å². The van der Waals surface area contributed by atoms with Gasteiger partial charge >= 0.3 is 0 Å². The molecule has 0 saturated heterocycles. The Morgan fingerprint density at radius 3 is 1.50 bits per heavy atom. The van der Waals surface area contributed by atoms with Crippen LogP contribution in [0.3, 0.4) is 0 Å². The van der Waals surface area contributed by atoms with E-state index in [0.29, 0.717) is 22.5 Å². The molecule has 0 heterocycles. The monoisotopic (exact) mass is 676 g/mol. The first kappa shape index (κ1) is 30.2. The number of hydrogen-bond donors (Lipinski definition) is 4. The van der Waals surface area contributed by atoms with Crippen LogP contribution in [0.4, 0.5) is 22.7 Å². The van der Waals surface area contributed by atoms with Crippen molar-refractivity contribution >= 4 is 77.8 Å². The number of nitrogen functional groups attached to an aromatic ring is 4. The van der Waals surface area contributed by atoms with Crippen molar-refractivity contribution in [3.8, 4) is 0 Å². The molecule has 0 bridgehead atoms. The number of nitrogens with two attached hydrogens (primary N) is 4. The molecule has 8 N–H and O–H groups in total. The van der Waals surface area contributed by atoms with Crippen LogP contribution in [-0.4, -0.2) is 11.2 Å². The molecule has 4 nitrogen and oxygen atoms in total. The molecule has 0 aromatic heterocycles. The van der Waals surface area contributed by atoms with Gasteiger partial charge in [0.15, 0.2) is 0 Å². The molecular weight excluding hydrogens is 647 g/mol. The number of halogens is 4. The van der Waals surface area contributed by atoms with Gasteiger partial charge in [0.1, 0.15) is 0 Å². The van der Waals surface area contributed by atoms with Crippen LogP contribution in [0.2, 0.25) is 5.02 Å². The Kier molecular flexibility index (Phi) is 11.7. The van der Waals surface area contributed by atoms with Crippen LogP contribution in [-0.2, 0) is 0 Å². The standard InChI is InChI=1S/C15H16Br2N2.C15H16Cl2N2/c2*16-8-7-13(10-1-4-12(18)5-2-10)11-3-6-15(19)14(17)9-11/h2*1-6,9,13H,7-8,18-19H2. The van der Waals surface area contributed by atoms with Crippen LogP contribution in [0.25, 0.3) is 0 Å². The molecule has 0 fully saturated rings. The molecule has 4 rings (SSSR count). The molecule has 4 aromatic carbocycles. The molecule has 0 aliphatic carbocycles. The van der Waals surface area contributed by atoms with E-state index in [1.165, 1.54) is 16.7 Å². The van der Waals surface area contributed by atoms with Crippen molar-refractivity contribution in [2.75, 3.05) is 34.1 Å². The molecule has 0 aliphatic rings. The summed E-state index contributed by atoms with van der Waals surface area (Å²) in [4.78, 5) is 0. The largest absolute Gasteiger partial charge is 0.399 e. The van der Waals surface area contributed by atoms with Crippen LogP contribution in [0.5, 0.6) is 0 Å². The van der Waals surface area contributed by atoms with E-state index >= 15 is 0 Å². The molecule has 4 aromatic rings. The Morgan fingerprint density at radius 1 is 0.605 bits per heavy atom. The van der Waals surface area contributed by atoms with Crippen LogP contribution in [0.15, 0.2) is 89.4 Å². The highest BCUT2D eigenvalue weighted by Gasteiger charge is 2.16. The van der Waals surface area contributed by atoms with Crippen LogP contribution in [0, 0.1) is 0 Å². The quantitative estimate of drug-likeness (QED) is 0.110. The third kappa shape index (κ3) is 8.31. The Bertz CT molecular complexity index is 1210. The second-order valence-electron chi connectivity index (χ2n) is 8.96. The van der Waals surface area contributed by atoms with Crippen molar-refractivity contribution in [1.82, 2.24) is 0 Å². The molecule has 0 radical (unpaired) electrons. The molecule has 38 heavy (non-hydrogen) atoms. The van der Waals surface area contributed by atoms with Gasteiger partial charge in [0.25, 0.3) is 0 Å². The number of alkyl halides is 2. The minimum atomic E-state index is 0.205. The van der Waals surface area contributed by atoms with Gasteiger partial charge < -0.3 is 22.9 Å². The first-order valence-electron chi connectivity index (χ1n) is 12.2. The fourth-order valence-corrected chi connectivity index (χ4v) is 5.51. The van der Waals surface area contributed by atoms with Gasteiger partial charge in [-0.25, -0.2) is 0 Å². The van der Waals surface area contributed by atoms with E-state index in [4.69, 9.17) is 46.1 Å². The lowest BCUT2D eigenvalue weighted by Gasteiger charge is -2.18. The molecule has 2 unspecified atom stereocenters.